The van der Waals surface area contributed by atoms with Gasteiger partial charge in [-0.2, -0.15) is 0 Å². The molecule has 0 radical (unpaired) electrons. The van der Waals surface area contributed by atoms with Gasteiger partial charge < -0.3 is 20.1 Å². The topological polar surface area (TPSA) is 78.9 Å². The van der Waals surface area contributed by atoms with E-state index in [2.05, 4.69) is 12.2 Å². The molecule has 2 rings (SSSR count). The zero-order valence-corrected chi connectivity index (χ0v) is 11.4. The molecule has 0 spiro atoms. The Morgan fingerprint density at radius 3 is 2.89 bits per heavy atom. The van der Waals surface area contributed by atoms with Gasteiger partial charge in [0.2, 0.25) is 5.91 Å². The molecule has 19 heavy (non-hydrogen) atoms. The van der Waals surface area contributed by atoms with Gasteiger partial charge in [-0.15, -0.1) is 0 Å². The third kappa shape index (κ3) is 2.74. The Kier molecular flexibility index (Phi) is 4.42. The van der Waals surface area contributed by atoms with E-state index in [4.69, 9.17) is 4.74 Å². The van der Waals surface area contributed by atoms with Crippen LogP contribution in [-0.4, -0.2) is 60.8 Å². The molecule has 0 aromatic carbocycles. The largest absolute Gasteiger partial charge is 0.480 e. The smallest absolute Gasteiger partial charge is 0.328 e. The lowest BCUT2D eigenvalue weighted by Gasteiger charge is -2.39. The van der Waals surface area contributed by atoms with Crippen molar-refractivity contribution in [3.63, 3.8) is 0 Å². The van der Waals surface area contributed by atoms with E-state index >= 15 is 0 Å². The van der Waals surface area contributed by atoms with Crippen molar-refractivity contribution >= 4 is 11.9 Å². The van der Waals surface area contributed by atoms with Crippen LogP contribution in [0.5, 0.6) is 0 Å². The molecule has 6 heteroatoms. The minimum absolute atomic E-state index is 0.0185. The molecule has 2 aliphatic heterocycles. The van der Waals surface area contributed by atoms with Crippen LogP contribution in [0, 0.1) is 5.41 Å². The van der Waals surface area contributed by atoms with E-state index in [9.17, 15) is 14.7 Å². The Morgan fingerprint density at radius 1 is 1.53 bits per heavy atom. The molecule has 2 heterocycles. The second-order valence-corrected chi connectivity index (χ2v) is 5.38. The summed E-state index contributed by atoms with van der Waals surface area (Å²) in [7, 11) is 0. The number of carboxylic acids is 1. The number of amides is 1. The predicted octanol–water partition coefficient (Wildman–Crippen LogP) is 0.0782. The van der Waals surface area contributed by atoms with Crippen LogP contribution >= 0.6 is 0 Å². The number of nitrogens with zero attached hydrogens (tertiary/aromatic N) is 1. The van der Waals surface area contributed by atoms with E-state index in [-0.39, 0.29) is 12.5 Å². The zero-order valence-electron chi connectivity index (χ0n) is 11.4. The van der Waals surface area contributed by atoms with E-state index < -0.39 is 17.4 Å². The number of ether oxygens (including phenoxy) is 1. The molecular formula is C13H22N2O4. The average molecular weight is 270 g/mol. The van der Waals surface area contributed by atoms with Crippen molar-refractivity contribution in [2.75, 3.05) is 32.8 Å². The maximum Gasteiger partial charge on any atom is 0.328 e. The maximum absolute atomic E-state index is 12.8. The number of hydrogen-bond donors (Lipinski definition) is 2. The highest BCUT2D eigenvalue weighted by Crippen LogP contribution is 2.34. The number of carbonyl (C=O) groups is 2. The van der Waals surface area contributed by atoms with Crippen LogP contribution in [0.1, 0.15) is 26.2 Å². The fourth-order valence-corrected chi connectivity index (χ4v) is 3.08. The Hall–Kier alpha value is -1.14. The van der Waals surface area contributed by atoms with Crippen LogP contribution in [0.15, 0.2) is 0 Å². The van der Waals surface area contributed by atoms with Gasteiger partial charge in [0.05, 0.1) is 18.6 Å². The summed E-state index contributed by atoms with van der Waals surface area (Å²) in [4.78, 5) is 25.6. The quantitative estimate of drug-likeness (QED) is 0.756. The first-order valence-electron chi connectivity index (χ1n) is 6.93. The first-order chi connectivity index (χ1) is 9.10. The molecule has 0 aliphatic carbocycles. The molecule has 2 saturated heterocycles. The zero-order chi connectivity index (χ0) is 13.9. The number of rotatable bonds is 4. The number of hydrogen-bond acceptors (Lipinski definition) is 4. The van der Waals surface area contributed by atoms with Crippen LogP contribution in [0.3, 0.4) is 0 Å². The lowest BCUT2D eigenvalue weighted by molar-refractivity contribution is -0.163. The predicted molar refractivity (Wildman–Crippen MR) is 68.8 cm³/mol. The monoisotopic (exact) mass is 270 g/mol. The number of carboxylic acid groups (broad SMARTS) is 1. The van der Waals surface area contributed by atoms with Gasteiger partial charge in [0.1, 0.15) is 0 Å². The Labute approximate surface area is 113 Å². The van der Waals surface area contributed by atoms with Crippen LogP contribution in [-0.2, 0) is 14.3 Å². The molecule has 2 fully saturated rings. The van der Waals surface area contributed by atoms with Crippen LogP contribution < -0.4 is 5.32 Å². The van der Waals surface area contributed by atoms with E-state index in [1.165, 1.54) is 4.90 Å². The Balaban J connectivity index is 2.17. The molecule has 108 valence electrons. The van der Waals surface area contributed by atoms with Crippen molar-refractivity contribution in [2.45, 2.75) is 32.2 Å². The van der Waals surface area contributed by atoms with Gasteiger partial charge in [-0.1, -0.05) is 13.3 Å². The van der Waals surface area contributed by atoms with Crippen LogP contribution in [0.2, 0.25) is 0 Å². The van der Waals surface area contributed by atoms with Gasteiger partial charge in [0, 0.05) is 13.1 Å². The maximum atomic E-state index is 12.8. The van der Waals surface area contributed by atoms with Crippen molar-refractivity contribution < 1.29 is 19.4 Å². The van der Waals surface area contributed by atoms with Crippen molar-refractivity contribution in [3.05, 3.63) is 0 Å². The molecule has 1 amide bonds. The molecule has 0 saturated carbocycles. The molecule has 2 N–H and O–H groups in total. The van der Waals surface area contributed by atoms with E-state index in [0.29, 0.717) is 19.7 Å². The van der Waals surface area contributed by atoms with E-state index in [1.807, 2.05) is 0 Å². The summed E-state index contributed by atoms with van der Waals surface area (Å²) in [5, 5.41) is 12.5. The van der Waals surface area contributed by atoms with Crippen molar-refractivity contribution in [3.8, 4) is 0 Å². The summed E-state index contributed by atoms with van der Waals surface area (Å²) in [5.74, 6) is -0.999. The third-order valence-electron chi connectivity index (χ3n) is 4.10. The molecule has 0 aromatic rings. The highest BCUT2D eigenvalue weighted by atomic mass is 16.5. The van der Waals surface area contributed by atoms with Gasteiger partial charge in [0.15, 0.2) is 6.04 Å². The summed E-state index contributed by atoms with van der Waals surface area (Å²) in [6.45, 7) is 4.43. The summed E-state index contributed by atoms with van der Waals surface area (Å²) in [6, 6.07) is -0.837. The molecular weight excluding hydrogens is 248 g/mol. The summed E-state index contributed by atoms with van der Waals surface area (Å²) in [5.41, 5.74) is -0.417. The van der Waals surface area contributed by atoms with Crippen molar-refractivity contribution in [1.82, 2.24) is 10.2 Å². The number of morpholine rings is 1. The molecule has 2 unspecified atom stereocenters. The first-order valence-corrected chi connectivity index (χ1v) is 6.93. The highest BCUT2D eigenvalue weighted by Gasteiger charge is 2.46. The van der Waals surface area contributed by atoms with Crippen LogP contribution in [0.4, 0.5) is 0 Å². The third-order valence-corrected chi connectivity index (χ3v) is 4.10. The summed E-state index contributed by atoms with van der Waals surface area (Å²) in [6.07, 6.45) is 2.53. The molecule has 0 bridgehead atoms. The molecule has 2 atom stereocenters. The first kappa shape index (κ1) is 14.3. The minimum Gasteiger partial charge on any atom is -0.480 e. The fraction of sp³-hybridized carbons (Fsp3) is 0.846. The van der Waals surface area contributed by atoms with Crippen molar-refractivity contribution in [2.24, 2.45) is 5.41 Å². The standard InChI is InChI=1S/C13H22N2O4/c1-2-3-13(4-5-14-9-13)12(18)15-6-7-19-8-10(15)11(16)17/h10,14H,2-9H2,1H3,(H,16,17). The van der Waals surface area contributed by atoms with Gasteiger partial charge in [-0.25, -0.2) is 4.79 Å². The lowest BCUT2D eigenvalue weighted by atomic mass is 9.80. The number of nitrogens with one attached hydrogen (secondary N) is 1. The SMILES string of the molecule is CCCC1(C(=O)N2CCOCC2C(=O)O)CCNC1. The minimum atomic E-state index is -0.981. The number of carbonyl (C=O) groups excluding carboxylic acids is 1. The van der Waals surface area contributed by atoms with E-state index in [1.54, 1.807) is 0 Å². The summed E-state index contributed by atoms with van der Waals surface area (Å²) >= 11 is 0. The molecule has 0 aromatic heterocycles. The normalized spacial score (nSPS) is 31.4. The average Bonchev–Trinajstić information content (AvgIpc) is 2.88. The van der Waals surface area contributed by atoms with Gasteiger partial charge >= 0.3 is 5.97 Å². The van der Waals surface area contributed by atoms with Gasteiger partial charge in [-0.3, -0.25) is 4.79 Å². The van der Waals surface area contributed by atoms with E-state index in [0.717, 1.165) is 25.8 Å². The van der Waals surface area contributed by atoms with Gasteiger partial charge in [-0.05, 0) is 19.4 Å². The van der Waals surface area contributed by atoms with Crippen LogP contribution in [0.25, 0.3) is 0 Å². The highest BCUT2D eigenvalue weighted by molar-refractivity contribution is 5.88. The second-order valence-electron chi connectivity index (χ2n) is 5.38. The fourth-order valence-electron chi connectivity index (χ4n) is 3.08. The Morgan fingerprint density at radius 2 is 2.32 bits per heavy atom. The Bertz CT molecular complexity index is 353. The molecule has 2 aliphatic rings. The lowest BCUT2D eigenvalue weighted by Crippen LogP contribution is -2.57. The van der Waals surface area contributed by atoms with Gasteiger partial charge in [0.25, 0.3) is 0 Å². The molecule has 6 nitrogen and oxygen atoms in total. The number of aliphatic carboxylic acids is 1. The second kappa shape index (κ2) is 5.88. The summed E-state index contributed by atoms with van der Waals surface area (Å²) < 4.78 is 5.19. The van der Waals surface area contributed by atoms with Crippen molar-refractivity contribution in [1.29, 1.82) is 0 Å².